The lowest BCUT2D eigenvalue weighted by molar-refractivity contribution is 0.557. The van der Waals surface area contributed by atoms with Gasteiger partial charge in [0, 0.05) is 11.9 Å². The van der Waals surface area contributed by atoms with Gasteiger partial charge < -0.3 is 5.73 Å². The van der Waals surface area contributed by atoms with Crippen molar-refractivity contribution >= 4 is 22.9 Å². The molecule has 2 N–H and O–H groups in total. The second-order valence-corrected chi connectivity index (χ2v) is 5.34. The van der Waals surface area contributed by atoms with Crippen LogP contribution < -0.4 is 5.73 Å². The number of nitrogens with zero attached hydrogens (tertiary/aromatic N) is 3. The van der Waals surface area contributed by atoms with Crippen LogP contribution in [-0.2, 0) is 6.54 Å². The van der Waals surface area contributed by atoms with Crippen LogP contribution in [0.25, 0.3) is 0 Å². The fourth-order valence-electron chi connectivity index (χ4n) is 1.73. The Morgan fingerprint density at radius 3 is 2.94 bits per heavy atom. The summed E-state index contributed by atoms with van der Waals surface area (Å²) in [6.07, 6.45) is 2.64. The van der Waals surface area contributed by atoms with Gasteiger partial charge in [-0.1, -0.05) is 18.5 Å². The highest BCUT2D eigenvalue weighted by Gasteiger charge is 2.20. The molecule has 0 aliphatic heterocycles. The molecular formula is C11H15ClN4S. The molecule has 2 aromatic heterocycles. The van der Waals surface area contributed by atoms with E-state index in [1.807, 2.05) is 17.0 Å². The fourth-order valence-corrected chi connectivity index (χ4v) is 2.64. The molecule has 0 saturated carbocycles. The topological polar surface area (TPSA) is 56.7 Å². The summed E-state index contributed by atoms with van der Waals surface area (Å²) in [6, 6.07) is -0.304. The molecule has 6 heteroatoms. The van der Waals surface area contributed by atoms with Crippen LogP contribution in [0, 0.1) is 6.92 Å². The summed E-state index contributed by atoms with van der Waals surface area (Å²) in [6.45, 7) is 4.88. The third-order valence-electron chi connectivity index (χ3n) is 2.52. The van der Waals surface area contributed by atoms with Gasteiger partial charge in [-0.3, -0.25) is 4.68 Å². The molecule has 17 heavy (non-hydrogen) atoms. The molecule has 2 heterocycles. The number of thiazole rings is 1. The van der Waals surface area contributed by atoms with E-state index in [2.05, 4.69) is 17.0 Å². The van der Waals surface area contributed by atoms with E-state index in [1.165, 1.54) is 0 Å². The smallest absolute Gasteiger partial charge is 0.0920 e. The first-order chi connectivity index (χ1) is 8.13. The molecule has 4 nitrogen and oxygen atoms in total. The number of hydrogen-bond donors (Lipinski definition) is 1. The number of halogens is 1. The summed E-state index contributed by atoms with van der Waals surface area (Å²) in [5.41, 5.74) is 7.90. The maximum atomic E-state index is 6.20. The standard InChI is InChI=1S/C11H15ClN4S/c1-3-4-16-11(8(12)5-14-16)10(13)9-6-17-7(2)15-9/h5-6,10H,3-4,13H2,1-2H3. The van der Waals surface area contributed by atoms with E-state index in [4.69, 9.17) is 17.3 Å². The van der Waals surface area contributed by atoms with Gasteiger partial charge in [-0.25, -0.2) is 4.98 Å². The zero-order valence-corrected chi connectivity index (χ0v) is 11.4. The van der Waals surface area contributed by atoms with Crippen molar-refractivity contribution in [1.29, 1.82) is 0 Å². The monoisotopic (exact) mass is 270 g/mol. The number of aromatic nitrogens is 3. The summed E-state index contributed by atoms with van der Waals surface area (Å²) in [5, 5.41) is 7.83. The number of rotatable bonds is 4. The molecule has 1 atom stereocenters. The molecule has 2 aromatic rings. The third-order valence-corrected chi connectivity index (χ3v) is 3.60. The third kappa shape index (κ3) is 2.51. The van der Waals surface area contributed by atoms with Crippen molar-refractivity contribution < 1.29 is 0 Å². The molecule has 92 valence electrons. The van der Waals surface area contributed by atoms with Crippen molar-refractivity contribution in [2.45, 2.75) is 32.9 Å². The van der Waals surface area contributed by atoms with Gasteiger partial charge in [0.05, 0.1) is 33.7 Å². The molecule has 1 unspecified atom stereocenters. The van der Waals surface area contributed by atoms with E-state index in [-0.39, 0.29) is 6.04 Å². The molecule has 0 saturated heterocycles. The lowest BCUT2D eigenvalue weighted by Crippen LogP contribution is -2.18. The van der Waals surface area contributed by atoms with Gasteiger partial charge in [0.1, 0.15) is 0 Å². The average Bonchev–Trinajstić information content (AvgIpc) is 2.86. The Morgan fingerprint density at radius 2 is 2.35 bits per heavy atom. The zero-order valence-electron chi connectivity index (χ0n) is 9.85. The lowest BCUT2D eigenvalue weighted by atomic mass is 10.1. The first kappa shape index (κ1) is 12.5. The van der Waals surface area contributed by atoms with Crippen LogP contribution in [0.1, 0.15) is 35.8 Å². The minimum atomic E-state index is -0.304. The zero-order chi connectivity index (χ0) is 12.4. The molecule has 0 bridgehead atoms. The van der Waals surface area contributed by atoms with Crippen molar-refractivity contribution in [1.82, 2.24) is 14.8 Å². The first-order valence-electron chi connectivity index (χ1n) is 5.52. The highest BCUT2D eigenvalue weighted by atomic mass is 35.5. The summed E-state index contributed by atoms with van der Waals surface area (Å²) >= 11 is 7.74. The van der Waals surface area contributed by atoms with E-state index >= 15 is 0 Å². The number of hydrogen-bond acceptors (Lipinski definition) is 4. The van der Waals surface area contributed by atoms with Gasteiger partial charge in [-0.2, -0.15) is 5.10 Å². The van der Waals surface area contributed by atoms with Crippen molar-refractivity contribution in [2.24, 2.45) is 5.73 Å². The largest absolute Gasteiger partial charge is 0.318 e. The summed E-state index contributed by atoms with van der Waals surface area (Å²) in [4.78, 5) is 4.40. The summed E-state index contributed by atoms with van der Waals surface area (Å²) < 4.78 is 1.86. The predicted octanol–water partition coefficient (Wildman–Crippen LogP) is 2.76. The molecule has 0 aliphatic rings. The Bertz CT molecular complexity index is 505. The van der Waals surface area contributed by atoms with Crippen molar-refractivity contribution in [3.05, 3.63) is 33.0 Å². The summed E-state index contributed by atoms with van der Waals surface area (Å²) in [7, 11) is 0. The van der Waals surface area contributed by atoms with Crippen LogP contribution in [0.3, 0.4) is 0 Å². The van der Waals surface area contributed by atoms with E-state index < -0.39 is 0 Å². The highest BCUT2D eigenvalue weighted by molar-refractivity contribution is 7.09. The minimum absolute atomic E-state index is 0.304. The Balaban J connectivity index is 2.35. The molecular weight excluding hydrogens is 256 g/mol. The second-order valence-electron chi connectivity index (χ2n) is 3.87. The van der Waals surface area contributed by atoms with Crippen LogP contribution in [0.5, 0.6) is 0 Å². The quantitative estimate of drug-likeness (QED) is 0.929. The molecule has 0 spiro atoms. The van der Waals surface area contributed by atoms with Crippen LogP contribution in [0.2, 0.25) is 5.02 Å². The molecule has 0 radical (unpaired) electrons. The molecule has 0 fully saturated rings. The van der Waals surface area contributed by atoms with Gasteiger partial charge in [0.2, 0.25) is 0 Å². The van der Waals surface area contributed by atoms with E-state index in [1.54, 1.807) is 17.5 Å². The lowest BCUT2D eigenvalue weighted by Gasteiger charge is -2.12. The van der Waals surface area contributed by atoms with Crippen LogP contribution in [0.15, 0.2) is 11.6 Å². The van der Waals surface area contributed by atoms with Crippen LogP contribution >= 0.6 is 22.9 Å². The normalized spacial score (nSPS) is 12.9. The van der Waals surface area contributed by atoms with Gasteiger partial charge in [-0.15, -0.1) is 11.3 Å². The minimum Gasteiger partial charge on any atom is -0.318 e. The maximum absolute atomic E-state index is 6.20. The van der Waals surface area contributed by atoms with E-state index in [0.29, 0.717) is 5.02 Å². The van der Waals surface area contributed by atoms with E-state index in [9.17, 15) is 0 Å². The van der Waals surface area contributed by atoms with Crippen molar-refractivity contribution in [3.8, 4) is 0 Å². The second kappa shape index (κ2) is 5.16. The SMILES string of the molecule is CCCn1ncc(Cl)c1C(N)c1csc(C)n1. The Hall–Kier alpha value is -0.910. The number of nitrogens with two attached hydrogens (primary N) is 1. The maximum Gasteiger partial charge on any atom is 0.0920 e. The van der Waals surface area contributed by atoms with Crippen LogP contribution in [0.4, 0.5) is 0 Å². The van der Waals surface area contributed by atoms with E-state index in [0.717, 1.165) is 29.4 Å². The molecule has 0 amide bonds. The molecule has 0 aromatic carbocycles. The average molecular weight is 271 g/mol. The van der Waals surface area contributed by atoms with Gasteiger partial charge in [-0.05, 0) is 13.3 Å². The van der Waals surface area contributed by atoms with Crippen LogP contribution in [-0.4, -0.2) is 14.8 Å². The fraction of sp³-hybridized carbons (Fsp3) is 0.455. The Kier molecular flexibility index (Phi) is 3.81. The van der Waals surface area contributed by atoms with Gasteiger partial charge in [0.15, 0.2) is 0 Å². The Labute approximate surface area is 109 Å². The van der Waals surface area contributed by atoms with Gasteiger partial charge in [0.25, 0.3) is 0 Å². The predicted molar refractivity (Wildman–Crippen MR) is 70.4 cm³/mol. The number of aryl methyl sites for hydroxylation is 2. The van der Waals surface area contributed by atoms with Crippen molar-refractivity contribution in [2.75, 3.05) is 0 Å². The molecule has 2 rings (SSSR count). The Morgan fingerprint density at radius 1 is 1.59 bits per heavy atom. The summed E-state index contributed by atoms with van der Waals surface area (Å²) in [5.74, 6) is 0. The first-order valence-corrected chi connectivity index (χ1v) is 6.78. The van der Waals surface area contributed by atoms with Gasteiger partial charge >= 0.3 is 0 Å². The van der Waals surface area contributed by atoms with Crippen molar-refractivity contribution in [3.63, 3.8) is 0 Å². The highest BCUT2D eigenvalue weighted by Crippen LogP contribution is 2.27. The molecule has 0 aliphatic carbocycles.